The number of halogens is 1. The lowest BCUT2D eigenvalue weighted by atomic mass is 9.91. The molecular weight excluding hydrogens is 346 g/mol. The first-order valence-corrected chi connectivity index (χ1v) is 8.40. The minimum atomic E-state index is -0.318. The highest BCUT2D eigenvalue weighted by Crippen LogP contribution is 2.26. The number of phenolic OH excluding ortho intramolecular Hbond substituents is 1. The van der Waals surface area contributed by atoms with E-state index in [9.17, 15) is 9.90 Å². The Kier molecular flexibility index (Phi) is 7.90. The van der Waals surface area contributed by atoms with Gasteiger partial charge in [-0.05, 0) is 92.7 Å². The van der Waals surface area contributed by atoms with Crippen molar-refractivity contribution in [3.8, 4) is 5.75 Å². The van der Waals surface area contributed by atoms with Gasteiger partial charge < -0.3 is 15.2 Å². The first-order valence-electron chi connectivity index (χ1n) is 7.61. The van der Waals surface area contributed by atoms with Gasteiger partial charge in [-0.25, -0.2) is 0 Å². The fourth-order valence-corrected chi connectivity index (χ4v) is 2.50. The zero-order chi connectivity index (χ0) is 16.6. The molecule has 0 unspecified atom stereocenters. The topological polar surface area (TPSA) is 58.6 Å². The minimum Gasteiger partial charge on any atom is -0.507 e. The zero-order valence-electron chi connectivity index (χ0n) is 13.6. The summed E-state index contributed by atoms with van der Waals surface area (Å²) in [5.41, 5.74) is 0.921. The molecule has 1 heterocycles. The van der Waals surface area contributed by atoms with Crippen LogP contribution >= 0.6 is 15.9 Å². The van der Waals surface area contributed by atoms with Gasteiger partial charge in [0.15, 0.2) is 0 Å². The minimum absolute atomic E-state index is 0.318. The van der Waals surface area contributed by atoms with Crippen LogP contribution in [0.3, 0.4) is 0 Å². The number of hydrogen-bond donors (Lipinski definition) is 2. The Morgan fingerprint density at radius 2 is 2.00 bits per heavy atom. The molecule has 124 valence electrons. The third-order valence-electron chi connectivity index (χ3n) is 3.40. The number of benzene rings is 1. The fraction of sp³-hybridized carbons (Fsp3) is 0.588. The molecule has 0 bridgehead atoms. The molecule has 1 aliphatic rings. The molecule has 5 heteroatoms. The first kappa shape index (κ1) is 19.0. The van der Waals surface area contributed by atoms with E-state index >= 15 is 0 Å². The number of aromatic hydroxyl groups is 1. The number of nitrogens with one attached hydrogen (secondary N) is 1. The van der Waals surface area contributed by atoms with Gasteiger partial charge in [0, 0.05) is 0 Å². The van der Waals surface area contributed by atoms with Gasteiger partial charge in [0.25, 0.3) is 6.47 Å². The first-order chi connectivity index (χ1) is 10.3. The lowest BCUT2D eigenvalue weighted by Crippen LogP contribution is -2.28. The molecule has 0 radical (unpaired) electrons. The fourth-order valence-electron chi connectivity index (χ4n) is 2.25. The number of piperidine rings is 1. The van der Waals surface area contributed by atoms with Crippen molar-refractivity contribution >= 4 is 22.4 Å². The summed E-state index contributed by atoms with van der Waals surface area (Å²) in [6.45, 7) is 8.19. The Balaban J connectivity index is 0.000000295. The number of carbonyl (C=O) groups is 1. The lowest BCUT2D eigenvalue weighted by Gasteiger charge is -2.22. The predicted octanol–water partition coefficient (Wildman–Crippen LogP) is 3.65. The molecule has 0 amide bonds. The van der Waals surface area contributed by atoms with Gasteiger partial charge in [-0.15, -0.1) is 0 Å². The normalized spacial score (nSPS) is 15.6. The predicted molar refractivity (Wildman–Crippen MR) is 92.0 cm³/mol. The van der Waals surface area contributed by atoms with Crippen LogP contribution in [-0.2, 0) is 16.0 Å². The van der Waals surface area contributed by atoms with E-state index in [0.29, 0.717) is 12.2 Å². The standard InChI is InChI=1S/C12H16BrNO.C5H10O2/c13-11-2-1-10(8-12(11)15)7-9-3-5-14-6-4-9;1-5(2,3)7-4-6/h1-2,8-9,14-15H,3-7H2;4H,1-3H3. The summed E-state index contributed by atoms with van der Waals surface area (Å²) < 4.78 is 5.32. The molecule has 22 heavy (non-hydrogen) atoms. The molecule has 1 fully saturated rings. The molecule has 4 nitrogen and oxygen atoms in total. The van der Waals surface area contributed by atoms with Crippen LogP contribution < -0.4 is 5.32 Å². The zero-order valence-corrected chi connectivity index (χ0v) is 15.1. The number of phenols is 1. The van der Waals surface area contributed by atoms with Crippen molar-refractivity contribution in [3.05, 3.63) is 28.2 Å². The van der Waals surface area contributed by atoms with E-state index in [4.69, 9.17) is 0 Å². The summed E-state index contributed by atoms with van der Waals surface area (Å²) in [4.78, 5) is 9.60. The van der Waals surface area contributed by atoms with Crippen LogP contribution in [0.5, 0.6) is 5.75 Å². The van der Waals surface area contributed by atoms with E-state index in [-0.39, 0.29) is 5.60 Å². The molecule has 2 N–H and O–H groups in total. The van der Waals surface area contributed by atoms with Gasteiger partial charge in [-0.1, -0.05) is 6.07 Å². The molecule has 1 aliphatic heterocycles. The van der Waals surface area contributed by atoms with Gasteiger partial charge in [0.1, 0.15) is 11.4 Å². The number of ether oxygens (including phenoxy) is 1. The number of carbonyl (C=O) groups excluding carboxylic acids is 1. The number of hydrogen-bond acceptors (Lipinski definition) is 4. The van der Waals surface area contributed by atoms with E-state index in [1.54, 1.807) is 0 Å². The quantitative estimate of drug-likeness (QED) is 0.796. The molecule has 0 saturated carbocycles. The van der Waals surface area contributed by atoms with E-state index < -0.39 is 0 Å². The Morgan fingerprint density at radius 1 is 1.36 bits per heavy atom. The van der Waals surface area contributed by atoms with Crippen LogP contribution in [0.15, 0.2) is 22.7 Å². The molecular formula is C17H26BrNO3. The molecule has 0 atom stereocenters. The molecule has 2 rings (SSSR count). The van der Waals surface area contributed by atoms with E-state index in [0.717, 1.165) is 29.9 Å². The Hall–Kier alpha value is -1.07. The van der Waals surface area contributed by atoms with Crippen molar-refractivity contribution in [1.82, 2.24) is 5.32 Å². The largest absolute Gasteiger partial charge is 0.507 e. The van der Waals surface area contributed by atoms with Crippen LogP contribution in [-0.4, -0.2) is 30.3 Å². The monoisotopic (exact) mass is 371 g/mol. The third-order valence-corrected chi connectivity index (χ3v) is 4.07. The molecule has 0 aromatic heterocycles. The molecule has 1 saturated heterocycles. The van der Waals surface area contributed by atoms with Crippen molar-refractivity contribution in [1.29, 1.82) is 0 Å². The van der Waals surface area contributed by atoms with E-state index in [1.807, 2.05) is 32.9 Å². The summed E-state index contributed by atoms with van der Waals surface area (Å²) in [7, 11) is 0. The maximum atomic E-state index is 9.60. The van der Waals surface area contributed by atoms with Crippen molar-refractivity contribution in [2.24, 2.45) is 5.92 Å². The van der Waals surface area contributed by atoms with Gasteiger partial charge in [-0.3, -0.25) is 4.79 Å². The second kappa shape index (κ2) is 9.16. The van der Waals surface area contributed by atoms with E-state index in [2.05, 4.69) is 32.0 Å². The summed E-state index contributed by atoms with van der Waals surface area (Å²) in [5.74, 6) is 1.12. The van der Waals surface area contributed by atoms with Gasteiger partial charge >= 0.3 is 0 Å². The number of rotatable bonds is 3. The van der Waals surface area contributed by atoms with Crippen molar-refractivity contribution < 1.29 is 14.6 Å². The second-order valence-corrected chi connectivity index (χ2v) is 7.36. The Morgan fingerprint density at radius 3 is 2.45 bits per heavy atom. The average molecular weight is 372 g/mol. The SMILES string of the molecule is CC(C)(C)OC=O.Oc1cc(CC2CCNCC2)ccc1Br. The third kappa shape index (κ3) is 7.80. The highest BCUT2D eigenvalue weighted by molar-refractivity contribution is 9.10. The van der Waals surface area contributed by atoms with Crippen molar-refractivity contribution in [2.75, 3.05) is 13.1 Å². The van der Waals surface area contributed by atoms with Crippen molar-refractivity contribution in [2.45, 2.75) is 45.6 Å². The van der Waals surface area contributed by atoms with Gasteiger partial charge in [0.05, 0.1) is 4.47 Å². The van der Waals surface area contributed by atoms with Gasteiger partial charge in [-0.2, -0.15) is 0 Å². The Labute approximate surface area is 141 Å². The Bertz CT molecular complexity index is 465. The maximum Gasteiger partial charge on any atom is 0.293 e. The highest BCUT2D eigenvalue weighted by atomic mass is 79.9. The van der Waals surface area contributed by atoms with E-state index in [1.165, 1.54) is 18.4 Å². The lowest BCUT2D eigenvalue weighted by molar-refractivity contribution is -0.138. The molecule has 0 spiro atoms. The van der Waals surface area contributed by atoms with Crippen molar-refractivity contribution in [3.63, 3.8) is 0 Å². The molecule has 0 aliphatic carbocycles. The maximum absolute atomic E-state index is 9.60. The summed E-state index contributed by atoms with van der Waals surface area (Å²) in [6, 6.07) is 5.88. The molecule has 1 aromatic carbocycles. The van der Waals surface area contributed by atoms with Gasteiger partial charge in [0.2, 0.25) is 0 Å². The van der Waals surface area contributed by atoms with Crippen LogP contribution in [0.2, 0.25) is 0 Å². The average Bonchev–Trinajstić information content (AvgIpc) is 2.43. The van der Waals surface area contributed by atoms with Crippen LogP contribution in [0, 0.1) is 5.92 Å². The summed E-state index contributed by atoms with van der Waals surface area (Å²) in [6.07, 6.45) is 3.58. The molecule has 1 aromatic rings. The van der Waals surface area contributed by atoms with Crippen LogP contribution in [0.1, 0.15) is 39.2 Å². The summed E-state index contributed by atoms with van der Waals surface area (Å²) >= 11 is 3.29. The van der Waals surface area contributed by atoms with Crippen LogP contribution in [0.4, 0.5) is 0 Å². The smallest absolute Gasteiger partial charge is 0.293 e. The summed E-state index contributed by atoms with van der Waals surface area (Å²) in [5, 5.41) is 12.9. The second-order valence-electron chi connectivity index (χ2n) is 6.51. The van der Waals surface area contributed by atoms with Crippen LogP contribution in [0.25, 0.3) is 0 Å². The highest BCUT2D eigenvalue weighted by Gasteiger charge is 2.13.